The van der Waals surface area contributed by atoms with Gasteiger partial charge in [-0.15, -0.1) is 0 Å². The summed E-state index contributed by atoms with van der Waals surface area (Å²) in [6, 6.07) is 57.7. The maximum Gasteiger partial charge on any atom is 0.0726 e. The second-order valence-corrected chi connectivity index (χ2v) is 11.3. The number of benzene rings is 7. The van der Waals surface area contributed by atoms with Gasteiger partial charge in [0, 0.05) is 16.9 Å². The minimum Gasteiger partial charge on any atom is -0.355 e. The molecule has 2 aliphatic carbocycles. The van der Waals surface area contributed by atoms with E-state index < -0.39 is 0 Å². The molecule has 1 spiro atoms. The Labute approximate surface area is 245 Å². The molecule has 9 rings (SSSR count). The summed E-state index contributed by atoms with van der Waals surface area (Å²) in [5, 5.41) is 6.39. The third-order valence-corrected chi connectivity index (χ3v) is 9.26. The zero-order valence-electron chi connectivity index (χ0n) is 23.0. The standard InChI is InChI=1S/C41H27N/c1-2-16-30-27(12-1)13-10-20-31(30)28-14-9-15-29(26-28)42-39-25-11-24-38-40(39)34-19-5-8-23-37(34)41(38)35-21-6-3-17-32(35)33-18-4-7-22-36(33)41/h1-26,42H. The summed E-state index contributed by atoms with van der Waals surface area (Å²) in [7, 11) is 0. The van der Waals surface area contributed by atoms with Crippen molar-refractivity contribution in [2.75, 3.05) is 5.32 Å². The number of anilines is 2. The SMILES string of the molecule is c1cc(Nc2cccc3c2-c2ccccc2C32c3ccccc3-c3ccccc32)cc(-c2cccc3ccccc23)c1. The number of fused-ring (bicyclic) bond motifs is 11. The van der Waals surface area contributed by atoms with E-state index in [2.05, 4.69) is 163 Å². The van der Waals surface area contributed by atoms with E-state index in [0.717, 1.165) is 11.4 Å². The fourth-order valence-corrected chi connectivity index (χ4v) is 7.64. The molecule has 0 heterocycles. The van der Waals surface area contributed by atoms with Gasteiger partial charge in [0.25, 0.3) is 0 Å². The van der Waals surface area contributed by atoms with Gasteiger partial charge in [-0.25, -0.2) is 0 Å². The van der Waals surface area contributed by atoms with Crippen LogP contribution in [0.25, 0.3) is 44.2 Å². The highest BCUT2D eigenvalue weighted by molar-refractivity contribution is 6.00. The number of rotatable bonds is 3. The summed E-state index contributed by atoms with van der Waals surface area (Å²) in [6.45, 7) is 0. The lowest BCUT2D eigenvalue weighted by atomic mass is 9.70. The van der Waals surface area contributed by atoms with Gasteiger partial charge in [-0.3, -0.25) is 0 Å². The second kappa shape index (κ2) is 8.80. The minimum absolute atomic E-state index is 0.332. The smallest absolute Gasteiger partial charge is 0.0726 e. The van der Waals surface area contributed by atoms with E-state index in [-0.39, 0.29) is 5.41 Å². The summed E-state index contributed by atoms with van der Waals surface area (Å²) < 4.78 is 0. The molecule has 7 aromatic carbocycles. The molecule has 0 bridgehead atoms. The van der Waals surface area contributed by atoms with Crippen molar-refractivity contribution in [3.8, 4) is 33.4 Å². The van der Waals surface area contributed by atoms with Crippen molar-refractivity contribution in [1.82, 2.24) is 0 Å². The zero-order chi connectivity index (χ0) is 27.7. The van der Waals surface area contributed by atoms with Gasteiger partial charge < -0.3 is 5.32 Å². The van der Waals surface area contributed by atoms with Crippen LogP contribution < -0.4 is 5.32 Å². The van der Waals surface area contributed by atoms with Crippen LogP contribution in [0.1, 0.15) is 22.3 Å². The monoisotopic (exact) mass is 533 g/mol. The predicted octanol–water partition coefficient (Wildman–Crippen LogP) is 10.6. The fraction of sp³-hybridized carbons (Fsp3) is 0.0244. The molecule has 0 saturated carbocycles. The Balaban J connectivity index is 1.24. The molecule has 0 aromatic heterocycles. The predicted molar refractivity (Wildman–Crippen MR) is 175 cm³/mol. The lowest BCUT2D eigenvalue weighted by Gasteiger charge is -2.30. The van der Waals surface area contributed by atoms with E-state index in [1.54, 1.807) is 0 Å². The molecule has 196 valence electrons. The third kappa shape index (κ3) is 3.08. The molecule has 1 nitrogen and oxygen atoms in total. The largest absolute Gasteiger partial charge is 0.355 e. The zero-order valence-corrected chi connectivity index (χ0v) is 23.0. The van der Waals surface area contributed by atoms with Gasteiger partial charge in [0.1, 0.15) is 0 Å². The maximum absolute atomic E-state index is 3.86. The lowest BCUT2D eigenvalue weighted by Crippen LogP contribution is -2.25. The van der Waals surface area contributed by atoms with Crippen LogP contribution in [0.4, 0.5) is 11.4 Å². The maximum atomic E-state index is 3.86. The highest BCUT2D eigenvalue weighted by Gasteiger charge is 2.51. The van der Waals surface area contributed by atoms with Gasteiger partial charge in [-0.1, -0.05) is 140 Å². The molecule has 0 fully saturated rings. The summed E-state index contributed by atoms with van der Waals surface area (Å²) in [5.41, 5.74) is 15.0. The van der Waals surface area contributed by atoms with E-state index in [1.807, 2.05) is 0 Å². The molecule has 0 unspecified atom stereocenters. The van der Waals surface area contributed by atoms with Gasteiger partial charge in [0.15, 0.2) is 0 Å². The first-order chi connectivity index (χ1) is 20.8. The Kier molecular flexibility index (Phi) is 4.88. The number of nitrogens with one attached hydrogen (secondary N) is 1. The summed E-state index contributed by atoms with van der Waals surface area (Å²) in [6.07, 6.45) is 0. The van der Waals surface area contributed by atoms with Crippen molar-refractivity contribution in [2.24, 2.45) is 0 Å². The Morgan fingerprint density at radius 3 is 1.74 bits per heavy atom. The van der Waals surface area contributed by atoms with Gasteiger partial charge in [-0.05, 0) is 79.0 Å². The molecule has 0 radical (unpaired) electrons. The first kappa shape index (κ1) is 23.3. The molecule has 7 aromatic rings. The van der Waals surface area contributed by atoms with Gasteiger partial charge in [0.2, 0.25) is 0 Å². The first-order valence-electron chi connectivity index (χ1n) is 14.6. The third-order valence-electron chi connectivity index (χ3n) is 9.26. The van der Waals surface area contributed by atoms with Gasteiger partial charge >= 0.3 is 0 Å². The van der Waals surface area contributed by atoms with Crippen LogP contribution in [-0.2, 0) is 5.41 Å². The van der Waals surface area contributed by atoms with E-state index in [1.165, 1.54) is 66.4 Å². The van der Waals surface area contributed by atoms with Crippen molar-refractivity contribution in [2.45, 2.75) is 5.41 Å². The lowest BCUT2D eigenvalue weighted by molar-refractivity contribution is 0.794. The van der Waals surface area contributed by atoms with E-state index in [9.17, 15) is 0 Å². The number of hydrogen-bond donors (Lipinski definition) is 1. The molecule has 0 saturated heterocycles. The highest BCUT2D eigenvalue weighted by Crippen LogP contribution is 2.63. The number of hydrogen-bond acceptors (Lipinski definition) is 1. The molecule has 1 heteroatoms. The van der Waals surface area contributed by atoms with Crippen molar-refractivity contribution < 1.29 is 0 Å². The second-order valence-electron chi connectivity index (χ2n) is 11.3. The van der Waals surface area contributed by atoms with Crippen LogP contribution in [0.3, 0.4) is 0 Å². The van der Waals surface area contributed by atoms with Crippen LogP contribution in [0, 0.1) is 0 Å². The average Bonchev–Trinajstić information content (AvgIpc) is 3.53. The van der Waals surface area contributed by atoms with E-state index in [4.69, 9.17) is 0 Å². The minimum atomic E-state index is -0.332. The van der Waals surface area contributed by atoms with Crippen molar-refractivity contribution in [3.63, 3.8) is 0 Å². The molecular formula is C41H27N. The summed E-state index contributed by atoms with van der Waals surface area (Å²) in [5.74, 6) is 0. The van der Waals surface area contributed by atoms with Crippen LogP contribution in [-0.4, -0.2) is 0 Å². The molecular weight excluding hydrogens is 506 g/mol. The molecule has 42 heavy (non-hydrogen) atoms. The van der Waals surface area contributed by atoms with E-state index in [0.29, 0.717) is 0 Å². The summed E-state index contributed by atoms with van der Waals surface area (Å²) >= 11 is 0. The van der Waals surface area contributed by atoms with Crippen LogP contribution in [0.5, 0.6) is 0 Å². The Morgan fingerprint density at radius 2 is 0.952 bits per heavy atom. The normalized spacial score (nSPS) is 13.4. The van der Waals surface area contributed by atoms with Crippen LogP contribution in [0.15, 0.2) is 158 Å². The Morgan fingerprint density at radius 1 is 0.405 bits per heavy atom. The van der Waals surface area contributed by atoms with E-state index >= 15 is 0 Å². The molecule has 0 amide bonds. The quantitative estimate of drug-likeness (QED) is 0.238. The average molecular weight is 534 g/mol. The van der Waals surface area contributed by atoms with Crippen LogP contribution >= 0.6 is 0 Å². The summed E-state index contributed by atoms with van der Waals surface area (Å²) in [4.78, 5) is 0. The van der Waals surface area contributed by atoms with Crippen molar-refractivity contribution in [3.05, 3.63) is 180 Å². The van der Waals surface area contributed by atoms with Gasteiger partial charge in [-0.2, -0.15) is 0 Å². The molecule has 1 N–H and O–H groups in total. The Hall–Kier alpha value is -5.40. The van der Waals surface area contributed by atoms with Gasteiger partial charge in [0.05, 0.1) is 5.41 Å². The van der Waals surface area contributed by atoms with Crippen LogP contribution in [0.2, 0.25) is 0 Å². The topological polar surface area (TPSA) is 12.0 Å². The fourth-order valence-electron chi connectivity index (χ4n) is 7.64. The van der Waals surface area contributed by atoms with Crippen molar-refractivity contribution in [1.29, 1.82) is 0 Å². The molecule has 2 aliphatic rings. The highest BCUT2D eigenvalue weighted by atomic mass is 14.9. The molecule has 0 atom stereocenters. The molecule has 0 aliphatic heterocycles. The Bertz CT molecular complexity index is 2140. The first-order valence-corrected chi connectivity index (χ1v) is 14.6. The van der Waals surface area contributed by atoms with Crippen molar-refractivity contribution >= 4 is 22.1 Å².